The van der Waals surface area contributed by atoms with Gasteiger partial charge in [-0.1, -0.05) is 23.2 Å². The molecule has 2 aromatic carbocycles. The third-order valence-electron chi connectivity index (χ3n) is 2.42. The molecule has 0 fully saturated rings. The second-order valence-electron chi connectivity index (χ2n) is 3.79. The van der Waals surface area contributed by atoms with Crippen LogP contribution in [0.25, 0.3) is 0 Å². The predicted octanol–water partition coefficient (Wildman–Crippen LogP) is 4.95. The van der Waals surface area contributed by atoms with Crippen LogP contribution in [0, 0.1) is 11.3 Å². The number of nitrogens with two attached hydrogens (primary N) is 1. The molecule has 0 saturated heterocycles. The smallest absolute Gasteiger partial charge is 0.0992 e. The molecule has 0 aliphatic rings. The number of nitrogens with one attached hydrogen (secondary N) is 1. The molecule has 2 rings (SSSR count). The van der Waals surface area contributed by atoms with Crippen LogP contribution in [0.3, 0.4) is 0 Å². The van der Waals surface area contributed by atoms with Gasteiger partial charge in [-0.2, -0.15) is 5.26 Å². The number of halogens is 3. The van der Waals surface area contributed by atoms with Crippen LogP contribution in [-0.4, -0.2) is 0 Å². The molecule has 19 heavy (non-hydrogen) atoms. The first kappa shape index (κ1) is 14.0. The Kier molecular flexibility index (Phi) is 4.20. The maximum Gasteiger partial charge on any atom is 0.0992 e. The number of nitrogens with zero attached hydrogens (tertiary/aromatic N) is 1. The van der Waals surface area contributed by atoms with Gasteiger partial charge >= 0.3 is 0 Å². The molecule has 3 N–H and O–H groups in total. The van der Waals surface area contributed by atoms with Gasteiger partial charge < -0.3 is 11.1 Å². The minimum Gasteiger partial charge on any atom is -0.399 e. The quantitative estimate of drug-likeness (QED) is 0.748. The zero-order valence-corrected chi connectivity index (χ0v) is 12.6. The fourth-order valence-corrected chi connectivity index (χ4v) is 2.61. The molecule has 3 nitrogen and oxygen atoms in total. The van der Waals surface area contributed by atoms with Crippen LogP contribution in [0.15, 0.2) is 34.8 Å². The van der Waals surface area contributed by atoms with Gasteiger partial charge in [0, 0.05) is 10.2 Å². The Bertz CT molecular complexity index is 657. The molecule has 6 heteroatoms. The highest BCUT2D eigenvalue weighted by Crippen LogP contribution is 2.36. The third kappa shape index (κ3) is 3.13. The van der Waals surface area contributed by atoms with Gasteiger partial charge in [-0.3, -0.25) is 0 Å². The van der Waals surface area contributed by atoms with Crippen LogP contribution in [0.1, 0.15) is 5.56 Å². The fraction of sp³-hybridized carbons (Fsp3) is 0. The van der Waals surface area contributed by atoms with Crippen molar-refractivity contribution in [3.05, 3.63) is 50.4 Å². The molecule has 0 saturated carbocycles. The predicted molar refractivity (Wildman–Crippen MR) is 83.0 cm³/mol. The summed E-state index contributed by atoms with van der Waals surface area (Å²) in [7, 11) is 0. The zero-order chi connectivity index (χ0) is 14.0. The van der Waals surface area contributed by atoms with Crippen molar-refractivity contribution in [3.8, 4) is 6.07 Å². The van der Waals surface area contributed by atoms with E-state index >= 15 is 0 Å². The van der Waals surface area contributed by atoms with Crippen LogP contribution in [-0.2, 0) is 0 Å². The molecule has 0 heterocycles. The minimum atomic E-state index is 0.432. The molecule has 0 aliphatic carbocycles. The lowest BCUT2D eigenvalue weighted by Crippen LogP contribution is -1.95. The summed E-state index contributed by atoms with van der Waals surface area (Å²) in [5, 5.41) is 12.8. The molecule has 0 aromatic heterocycles. The molecule has 0 unspecified atom stereocenters. The number of hydrogen-bond donors (Lipinski definition) is 2. The van der Waals surface area contributed by atoms with Crippen LogP contribution >= 0.6 is 39.1 Å². The number of nitriles is 1. The van der Waals surface area contributed by atoms with Crippen molar-refractivity contribution in [3.63, 3.8) is 0 Å². The van der Waals surface area contributed by atoms with Gasteiger partial charge in [0.05, 0.1) is 33.1 Å². The zero-order valence-electron chi connectivity index (χ0n) is 9.55. The van der Waals surface area contributed by atoms with Crippen LogP contribution in [0.5, 0.6) is 0 Å². The Labute approximate surface area is 129 Å². The van der Waals surface area contributed by atoms with Gasteiger partial charge in [0.1, 0.15) is 0 Å². The maximum atomic E-state index is 8.81. The van der Waals surface area contributed by atoms with E-state index in [1.165, 1.54) is 0 Å². The van der Waals surface area contributed by atoms with E-state index in [1.807, 2.05) is 0 Å². The van der Waals surface area contributed by atoms with E-state index in [2.05, 4.69) is 27.3 Å². The van der Waals surface area contributed by atoms with Gasteiger partial charge in [0.25, 0.3) is 0 Å². The minimum absolute atomic E-state index is 0.432. The average molecular weight is 357 g/mol. The monoisotopic (exact) mass is 355 g/mol. The van der Waals surface area contributed by atoms with Gasteiger partial charge in [-0.05, 0) is 46.3 Å². The highest BCUT2D eigenvalue weighted by atomic mass is 79.9. The lowest BCUT2D eigenvalue weighted by molar-refractivity contribution is 1.46. The molecule has 0 radical (unpaired) electrons. The summed E-state index contributed by atoms with van der Waals surface area (Å²) in [4.78, 5) is 0. The Morgan fingerprint density at radius 2 is 1.79 bits per heavy atom. The summed E-state index contributed by atoms with van der Waals surface area (Å²) < 4.78 is 0.746. The first-order valence-corrected chi connectivity index (χ1v) is 6.77. The van der Waals surface area contributed by atoms with Crippen molar-refractivity contribution in [2.45, 2.75) is 0 Å². The number of rotatable bonds is 2. The lowest BCUT2D eigenvalue weighted by atomic mass is 10.2. The van der Waals surface area contributed by atoms with Crippen molar-refractivity contribution in [1.29, 1.82) is 5.26 Å². The lowest BCUT2D eigenvalue weighted by Gasteiger charge is -2.12. The molecule has 0 spiro atoms. The number of hydrogen-bond acceptors (Lipinski definition) is 3. The van der Waals surface area contributed by atoms with Gasteiger partial charge in [0.15, 0.2) is 0 Å². The second kappa shape index (κ2) is 5.70. The van der Waals surface area contributed by atoms with Crippen LogP contribution in [0.2, 0.25) is 10.0 Å². The summed E-state index contributed by atoms with van der Waals surface area (Å²) in [5.74, 6) is 0. The van der Waals surface area contributed by atoms with Crippen molar-refractivity contribution < 1.29 is 0 Å². The van der Waals surface area contributed by atoms with E-state index in [4.69, 9.17) is 34.2 Å². The normalized spacial score (nSPS) is 10.0. The van der Waals surface area contributed by atoms with E-state index < -0.39 is 0 Å². The Morgan fingerprint density at radius 3 is 2.32 bits per heavy atom. The molecular weight excluding hydrogens is 349 g/mol. The number of anilines is 3. The van der Waals surface area contributed by atoms with Crippen molar-refractivity contribution in [2.24, 2.45) is 0 Å². The summed E-state index contributed by atoms with van der Waals surface area (Å²) in [6.07, 6.45) is 0. The fourth-order valence-electron chi connectivity index (χ4n) is 1.53. The first-order valence-electron chi connectivity index (χ1n) is 5.22. The van der Waals surface area contributed by atoms with Crippen molar-refractivity contribution >= 4 is 56.2 Å². The summed E-state index contributed by atoms with van der Waals surface area (Å²) in [6.45, 7) is 0. The molecule has 96 valence electrons. The van der Waals surface area contributed by atoms with Gasteiger partial charge in [-0.15, -0.1) is 0 Å². The Hall–Kier alpha value is -1.41. The van der Waals surface area contributed by atoms with E-state index in [9.17, 15) is 0 Å². The number of benzene rings is 2. The Morgan fingerprint density at radius 1 is 1.16 bits per heavy atom. The Balaban J connectivity index is 2.40. The molecule has 0 atom stereocenters. The first-order chi connectivity index (χ1) is 9.01. The molecular formula is C13H8BrCl2N3. The SMILES string of the molecule is N#Cc1ccc(Nc2c(Cl)cc(N)cc2Cl)c(Br)c1. The van der Waals surface area contributed by atoms with Gasteiger partial charge in [-0.25, -0.2) is 0 Å². The topological polar surface area (TPSA) is 61.8 Å². The maximum absolute atomic E-state index is 8.81. The summed E-state index contributed by atoms with van der Waals surface area (Å²) in [6, 6.07) is 10.5. The highest BCUT2D eigenvalue weighted by Gasteiger charge is 2.09. The highest BCUT2D eigenvalue weighted by molar-refractivity contribution is 9.10. The van der Waals surface area contributed by atoms with Crippen molar-refractivity contribution in [2.75, 3.05) is 11.1 Å². The van der Waals surface area contributed by atoms with Crippen molar-refractivity contribution in [1.82, 2.24) is 0 Å². The molecule has 0 amide bonds. The molecule has 0 aliphatic heterocycles. The third-order valence-corrected chi connectivity index (χ3v) is 3.67. The summed E-state index contributed by atoms with van der Waals surface area (Å²) in [5.41, 5.74) is 8.04. The van der Waals surface area contributed by atoms with Crippen LogP contribution in [0.4, 0.5) is 17.1 Å². The van der Waals surface area contributed by atoms with Crippen LogP contribution < -0.4 is 11.1 Å². The molecule has 2 aromatic rings. The number of nitrogen functional groups attached to an aromatic ring is 1. The van der Waals surface area contributed by atoms with E-state index in [-0.39, 0.29) is 0 Å². The second-order valence-corrected chi connectivity index (χ2v) is 5.46. The standard InChI is InChI=1S/C13H8BrCl2N3/c14-9-3-7(6-17)1-2-12(9)19-13-10(15)4-8(18)5-11(13)16/h1-5,19H,18H2. The largest absolute Gasteiger partial charge is 0.399 e. The molecule has 0 bridgehead atoms. The van der Waals surface area contributed by atoms with E-state index in [0.29, 0.717) is 27.0 Å². The van der Waals surface area contributed by atoms with E-state index in [1.54, 1.807) is 30.3 Å². The van der Waals surface area contributed by atoms with Gasteiger partial charge in [0.2, 0.25) is 0 Å². The average Bonchev–Trinajstić information content (AvgIpc) is 2.35. The van der Waals surface area contributed by atoms with E-state index in [0.717, 1.165) is 10.2 Å². The summed E-state index contributed by atoms with van der Waals surface area (Å²) >= 11 is 15.6.